The predicted molar refractivity (Wildman–Crippen MR) is 44.5 cm³/mol. The minimum absolute atomic E-state index is 0.538. The van der Waals surface area contributed by atoms with E-state index < -0.39 is 0 Å². The van der Waals surface area contributed by atoms with Crippen LogP contribution in [0.25, 0.3) is 0 Å². The van der Waals surface area contributed by atoms with Crippen molar-refractivity contribution in [3.63, 3.8) is 0 Å². The van der Waals surface area contributed by atoms with Gasteiger partial charge in [-0.15, -0.1) is 0 Å². The van der Waals surface area contributed by atoms with Crippen molar-refractivity contribution in [1.82, 2.24) is 0 Å². The first kappa shape index (κ1) is 7.77. The van der Waals surface area contributed by atoms with Crippen LogP contribution in [0.5, 0.6) is 0 Å². The molecule has 1 nitrogen and oxygen atoms in total. The van der Waals surface area contributed by atoms with Crippen molar-refractivity contribution < 1.29 is 0 Å². The van der Waals surface area contributed by atoms with Crippen LogP contribution in [0.4, 0.5) is 0 Å². The van der Waals surface area contributed by atoms with Gasteiger partial charge in [0.15, 0.2) is 0 Å². The second kappa shape index (κ2) is 2.73. The first-order valence-electron chi connectivity index (χ1n) is 4.18. The van der Waals surface area contributed by atoms with Crippen molar-refractivity contribution in [2.45, 2.75) is 33.6 Å². The van der Waals surface area contributed by atoms with Crippen LogP contribution in [0.15, 0.2) is 0 Å². The number of hydrogen-bond donors (Lipinski definition) is 1. The molecule has 0 aromatic carbocycles. The van der Waals surface area contributed by atoms with Gasteiger partial charge >= 0.3 is 0 Å². The van der Waals surface area contributed by atoms with E-state index in [4.69, 9.17) is 5.41 Å². The number of nitrogens with one attached hydrogen (secondary N) is 1. The lowest BCUT2D eigenvalue weighted by Gasteiger charge is -2.30. The third-order valence-electron chi connectivity index (χ3n) is 2.75. The maximum Gasteiger partial charge on any atom is 0.0123 e. The Morgan fingerprint density at radius 1 is 1.30 bits per heavy atom. The van der Waals surface area contributed by atoms with E-state index in [9.17, 15) is 0 Å². The monoisotopic (exact) mass is 139 g/mol. The molecule has 58 valence electrons. The average Bonchev–Trinajstić information content (AvgIpc) is 1.82. The van der Waals surface area contributed by atoms with Crippen molar-refractivity contribution in [2.75, 3.05) is 0 Å². The third-order valence-corrected chi connectivity index (χ3v) is 2.75. The van der Waals surface area contributed by atoms with Crippen LogP contribution < -0.4 is 0 Å². The lowest BCUT2D eigenvalue weighted by molar-refractivity contribution is 0.333. The molecule has 0 aromatic rings. The summed E-state index contributed by atoms with van der Waals surface area (Å²) in [6.45, 7) is 6.69. The highest BCUT2D eigenvalue weighted by Crippen LogP contribution is 2.30. The molecule has 0 spiro atoms. The van der Waals surface area contributed by atoms with E-state index in [1.807, 2.05) is 0 Å². The first-order chi connectivity index (χ1) is 4.61. The molecular formula is C9H17N. The van der Waals surface area contributed by atoms with Crippen molar-refractivity contribution >= 4 is 5.71 Å². The zero-order chi connectivity index (χ0) is 7.72. The smallest absolute Gasteiger partial charge is 0.0123 e. The molecule has 1 saturated carbocycles. The van der Waals surface area contributed by atoms with Gasteiger partial charge in [-0.3, -0.25) is 0 Å². The van der Waals surface area contributed by atoms with Crippen molar-refractivity contribution in [1.29, 1.82) is 5.41 Å². The van der Waals surface area contributed by atoms with Gasteiger partial charge in [-0.25, -0.2) is 0 Å². The summed E-state index contributed by atoms with van der Waals surface area (Å²) in [6, 6.07) is 0. The zero-order valence-corrected chi connectivity index (χ0v) is 7.15. The standard InChI is InChI=1S/C9H17N/c1-6-4-7(2)8(3)9(10)5-6/h6-8,10H,4-5H2,1-3H3. The third kappa shape index (κ3) is 1.39. The summed E-state index contributed by atoms with van der Waals surface area (Å²) in [5.41, 5.74) is 0.964. The van der Waals surface area contributed by atoms with E-state index in [-0.39, 0.29) is 0 Å². The van der Waals surface area contributed by atoms with E-state index in [1.165, 1.54) is 6.42 Å². The number of rotatable bonds is 0. The Bertz CT molecular complexity index is 140. The molecule has 1 aliphatic carbocycles. The molecule has 0 amide bonds. The summed E-state index contributed by atoms with van der Waals surface area (Å²) in [5.74, 6) is 2.02. The van der Waals surface area contributed by atoms with Gasteiger partial charge in [-0.1, -0.05) is 20.8 Å². The van der Waals surface area contributed by atoms with Crippen LogP contribution in [0.3, 0.4) is 0 Å². The van der Waals surface area contributed by atoms with E-state index in [2.05, 4.69) is 20.8 Å². The fourth-order valence-electron chi connectivity index (χ4n) is 1.83. The molecule has 3 atom stereocenters. The molecule has 10 heavy (non-hydrogen) atoms. The topological polar surface area (TPSA) is 23.9 Å². The molecular weight excluding hydrogens is 122 g/mol. The predicted octanol–water partition coefficient (Wildman–Crippen LogP) is 2.71. The fourth-order valence-corrected chi connectivity index (χ4v) is 1.83. The summed E-state index contributed by atoms with van der Waals surface area (Å²) in [7, 11) is 0. The van der Waals surface area contributed by atoms with Gasteiger partial charge in [-0.2, -0.15) is 0 Å². The summed E-state index contributed by atoms with van der Waals surface area (Å²) >= 11 is 0. The lowest BCUT2D eigenvalue weighted by Crippen LogP contribution is -2.27. The summed E-state index contributed by atoms with van der Waals surface area (Å²) in [6.07, 6.45) is 2.34. The fraction of sp³-hybridized carbons (Fsp3) is 0.889. The Balaban J connectivity index is 2.57. The van der Waals surface area contributed by atoms with Crippen LogP contribution in [0.1, 0.15) is 33.6 Å². The minimum Gasteiger partial charge on any atom is -0.309 e. The quantitative estimate of drug-likeness (QED) is 0.533. The molecule has 0 saturated heterocycles. The van der Waals surface area contributed by atoms with Crippen LogP contribution in [-0.4, -0.2) is 5.71 Å². The van der Waals surface area contributed by atoms with Crippen molar-refractivity contribution in [3.8, 4) is 0 Å². The van der Waals surface area contributed by atoms with Gasteiger partial charge in [0.25, 0.3) is 0 Å². The summed E-state index contributed by atoms with van der Waals surface area (Å²) < 4.78 is 0. The number of hydrogen-bond acceptors (Lipinski definition) is 1. The lowest BCUT2D eigenvalue weighted by atomic mass is 9.75. The maximum atomic E-state index is 7.66. The highest BCUT2D eigenvalue weighted by Gasteiger charge is 2.25. The Kier molecular flexibility index (Phi) is 2.12. The minimum atomic E-state index is 0.538. The highest BCUT2D eigenvalue weighted by molar-refractivity contribution is 5.84. The second-order valence-corrected chi connectivity index (χ2v) is 3.84. The average molecular weight is 139 g/mol. The Hall–Kier alpha value is -0.330. The van der Waals surface area contributed by atoms with Crippen LogP contribution in [-0.2, 0) is 0 Å². The van der Waals surface area contributed by atoms with E-state index in [0.29, 0.717) is 5.92 Å². The Labute approximate surface area is 63.3 Å². The van der Waals surface area contributed by atoms with Gasteiger partial charge in [0, 0.05) is 5.71 Å². The van der Waals surface area contributed by atoms with Gasteiger partial charge in [-0.05, 0) is 30.6 Å². The molecule has 1 N–H and O–H groups in total. The SMILES string of the molecule is CC1CC(=N)C(C)C(C)C1. The van der Waals surface area contributed by atoms with Crippen LogP contribution in [0, 0.1) is 23.2 Å². The zero-order valence-electron chi connectivity index (χ0n) is 7.15. The molecule has 0 heterocycles. The van der Waals surface area contributed by atoms with Gasteiger partial charge in [0.2, 0.25) is 0 Å². The molecule has 0 radical (unpaired) electrons. The molecule has 3 unspecified atom stereocenters. The molecule has 0 bridgehead atoms. The highest BCUT2D eigenvalue weighted by atomic mass is 14.5. The largest absolute Gasteiger partial charge is 0.309 e. The Morgan fingerprint density at radius 3 is 2.40 bits per heavy atom. The normalized spacial score (nSPS) is 41.9. The van der Waals surface area contributed by atoms with Gasteiger partial charge in [0.05, 0.1) is 0 Å². The van der Waals surface area contributed by atoms with E-state index in [0.717, 1.165) is 24.0 Å². The Morgan fingerprint density at radius 2 is 1.90 bits per heavy atom. The van der Waals surface area contributed by atoms with Crippen LogP contribution in [0.2, 0.25) is 0 Å². The van der Waals surface area contributed by atoms with E-state index >= 15 is 0 Å². The molecule has 1 rings (SSSR count). The molecule has 1 heteroatoms. The van der Waals surface area contributed by atoms with E-state index in [1.54, 1.807) is 0 Å². The summed E-state index contributed by atoms with van der Waals surface area (Å²) in [4.78, 5) is 0. The first-order valence-corrected chi connectivity index (χ1v) is 4.18. The molecule has 0 aromatic heterocycles. The van der Waals surface area contributed by atoms with Gasteiger partial charge in [0.1, 0.15) is 0 Å². The van der Waals surface area contributed by atoms with Gasteiger partial charge < -0.3 is 5.41 Å². The molecule has 1 fully saturated rings. The van der Waals surface area contributed by atoms with Crippen molar-refractivity contribution in [3.05, 3.63) is 0 Å². The maximum absolute atomic E-state index is 7.66. The molecule has 0 aliphatic heterocycles. The molecule has 1 aliphatic rings. The van der Waals surface area contributed by atoms with Crippen LogP contribution >= 0.6 is 0 Å². The van der Waals surface area contributed by atoms with Crippen molar-refractivity contribution in [2.24, 2.45) is 17.8 Å². The second-order valence-electron chi connectivity index (χ2n) is 3.84. The summed E-state index contributed by atoms with van der Waals surface area (Å²) in [5, 5.41) is 7.66.